The SMILES string of the molecule is N#Cc1ccc([C@@H]2CNCCN2)cn1. The molecule has 1 aromatic heterocycles. The standard InChI is InChI=1S/C10H12N4/c11-5-9-2-1-8(6-14-9)10-7-12-3-4-13-10/h1-2,6,10,12-13H,3-4,7H2/t10-/m0/s1. The Hall–Kier alpha value is -1.44. The van der Waals surface area contributed by atoms with Gasteiger partial charge >= 0.3 is 0 Å². The Morgan fingerprint density at radius 1 is 1.43 bits per heavy atom. The average molecular weight is 188 g/mol. The summed E-state index contributed by atoms with van der Waals surface area (Å²) in [6.45, 7) is 2.92. The van der Waals surface area contributed by atoms with E-state index in [1.165, 1.54) is 0 Å². The summed E-state index contributed by atoms with van der Waals surface area (Å²) in [5.74, 6) is 0. The molecule has 0 saturated carbocycles. The highest BCUT2D eigenvalue weighted by molar-refractivity contribution is 5.25. The van der Waals surface area contributed by atoms with Gasteiger partial charge in [-0.15, -0.1) is 0 Å². The molecule has 1 aliphatic rings. The third kappa shape index (κ3) is 1.90. The largest absolute Gasteiger partial charge is 0.314 e. The second kappa shape index (κ2) is 4.18. The molecule has 4 nitrogen and oxygen atoms in total. The van der Waals surface area contributed by atoms with Gasteiger partial charge in [0, 0.05) is 31.9 Å². The van der Waals surface area contributed by atoms with Crippen LogP contribution >= 0.6 is 0 Å². The lowest BCUT2D eigenvalue weighted by Gasteiger charge is -2.24. The molecule has 2 rings (SSSR count). The summed E-state index contributed by atoms with van der Waals surface area (Å²) in [5, 5.41) is 15.3. The van der Waals surface area contributed by atoms with Crippen molar-refractivity contribution in [1.29, 1.82) is 5.26 Å². The Labute approximate surface area is 83.0 Å². The molecule has 1 atom stereocenters. The number of aromatic nitrogens is 1. The van der Waals surface area contributed by atoms with Crippen LogP contribution in [0.2, 0.25) is 0 Å². The molecule has 0 radical (unpaired) electrons. The van der Waals surface area contributed by atoms with Gasteiger partial charge in [-0.2, -0.15) is 5.26 Å². The summed E-state index contributed by atoms with van der Waals surface area (Å²) in [6.07, 6.45) is 1.77. The van der Waals surface area contributed by atoms with Crippen molar-refractivity contribution in [2.45, 2.75) is 6.04 Å². The summed E-state index contributed by atoms with van der Waals surface area (Å²) >= 11 is 0. The minimum Gasteiger partial charge on any atom is -0.314 e. The van der Waals surface area contributed by atoms with Gasteiger partial charge in [-0.25, -0.2) is 4.98 Å². The number of hydrogen-bond acceptors (Lipinski definition) is 4. The molecule has 1 aliphatic heterocycles. The maximum atomic E-state index is 8.60. The van der Waals surface area contributed by atoms with E-state index in [-0.39, 0.29) is 0 Å². The van der Waals surface area contributed by atoms with Gasteiger partial charge in [-0.1, -0.05) is 6.07 Å². The third-order valence-electron chi connectivity index (χ3n) is 2.34. The van der Waals surface area contributed by atoms with E-state index in [1.54, 1.807) is 12.3 Å². The fourth-order valence-electron chi connectivity index (χ4n) is 1.57. The maximum Gasteiger partial charge on any atom is 0.140 e. The summed E-state index contributed by atoms with van der Waals surface area (Å²) in [6, 6.07) is 6.04. The van der Waals surface area contributed by atoms with Gasteiger partial charge in [0.1, 0.15) is 11.8 Å². The zero-order valence-electron chi connectivity index (χ0n) is 7.83. The van der Waals surface area contributed by atoms with Crippen LogP contribution in [0.1, 0.15) is 17.3 Å². The molecule has 2 N–H and O–H groups in total. The molecule has 2 heterocycles. The third-order valence-corrected chi connectivity index (χ3v) is 2.34. The van der Waals surface area contributed by atoms with Gasteiger partial charge < -0.3 is 10.6 Å². The molecule has 0 unspecified atom stereocenters. The van der Waals surface area contributed by atoms with Crippen molar-refractivity contribution < 1.29 is 0 Å². The zero-order chi connectivity index (χ0) is 9.80. The van der Waals surface area contributed by atoms with E-state index >= 15 is 0 Å². The molecule has 4 heteroatoms. The predicted molar refractivity (Wildman–Crippen MR) is 52.6 cm³/mol. The zero-order valence-corrected chi connectivity index (χ0v) is 7.83. The minimum atomic E-state index is 0.323. The number of nitrogens with zero attached hydrogens (tertiary/aromatic N) is 2. The lowest BCUT2D eigenvalue weighted by Crippen LogP contribution is -2.42. The predicted octanol–water partition coefficient (Wildman–Crippen LogP) is 0.187. The molecule has 0 amide bonds. The minimum absolute atomic E-state index is 0.323. The molecule has 0 bridgehead atoms. The van der Waals surface area contributed by atoms with Crippen LogP contribution < -0.4 is 10.6 Å². The van der Waals surface area contributed by atoms with E-state index < -0.39 is 0 Å². The van der Waals surface area contributed by atoms with Crippen LogP contribution in [-0.2, 0) is 0 Å². The first-order valence-electron chi connectivity index (χ1n) is 4.70. The molecule has 0 aromatic carbocycles. The van der Waals surface area contributed by atoms with E-state index in [0.717, 1.165) is 25.2 Å². The van der Waals surface area contributed by atoms with Crippen molar-refractivity contribution in [3.63, 3.8) is 0 Å². The van der Waals surface area contributed by atoms with E-state index in [4.69, 9.17) is 5.26 Å². The van der Waals surface area contributed by atoms with Crippen molar-refractivity contribution in [2.75, 3.05) is 19.6 Å². The first-order chi connectivity index (χ1) is 6.90. The highest BCUT2D eigenvalue weighted by atomic mass is 15.1. The van der Waals surface area contributed by atoms with Crippen LogP contribution in [0.3, 0.4) is 0 Å². The Kier molecular flexibility index (Phi) is 2.73. The van der Waals surface area contributed by atoms with Gasteiger partial charge in [-0.3, -0.25) is 0 Å². The molecular formula is C10H12N4. The van der Waals surface area contributed by atoms with Crippen molar-refractivity contribution in [1.82, 2.24) is 15.6 Å². The second-order valence-corrected chi connectivity index (χ2v) is 3.30. The molecule has 1 fully saturated rings. The topological polar surface area (TPSA) is 60.7 Å². The van der Waals surface area contributed by atoms with E-state index in [1.807, 2.05) is 12.1 Å². The maximum absolute atomic E-state index is 8.60. The highest BCUT2D eigenvalue weighted by Gasteiger charge is 2.13. The van der Waals surface area contributed by atoms with Crippen LogP contribution in [-0.4, -0.2) is 24.6 Å². The number of nitrogens with one attached hydrogen (secondary N) is 2. The molecule has 1 saturated heterocycles. The fourth-order valence-corrected chi connectivity index (χ4v) is 1.57. The van der Waals surface area contributed by atoms with Gasteiger partial charge in [-0.05, 0) is 11.6 Å². The first kappa shape index (κ1) is 9.13. The fraction of sp³-hybridized carbons (Fsp3) is 0.400. The van der Waals surface area contributed by atoms with Crippen LogP contribution in [0.15, 0.2) is 18.3 Å². The van der Waals surface area contributed by atoms with Gasteiger partial charge in [0.25, 0.3) is 0 Å². The lowest BCUT2D eigenvalue weighted by molar-refractivity contribution is 0.429. The number of rotatable bonds is 1. The van der Waals surface area contributed by atoms with E-state index in [9.17, 15) is 0 Å². The lowest BCUT2D eigenvalue weighted by atomic mass is 10.1. The van der Waals surface area contributed by atoms with Gasteiger partial charge in [0.15, 0.2) is 0 Å². The number of pyridine rings is 1. The summed E-state index contributed by atoms with van der Waals surface area (Å²) < 4.78 is 0. The van der Waals surface area contributed by atoms with E-state index in [0.29, 0.717) is 11.7 Å². The molecule has 0 spiro atoms. The number of nitriles is 1. The van der Waals surface area contributed by atoms with Gasteiger partial charge in [0.05, 0.1) is 0 Å². The van der Waals surface area contributed by atoms with Crippen molar-refractivity contribution in [3.05, 3.63) is 29.6 Å². The molecular weight excluding hydrogens is 176 g/mol. The van der Waals surface area contributed by atoms with Crippen LogP contribution in [0, 0.1) is 11.3 Å². The Bertz CT molecular complexity index is 332. The monoisotopic (exact) mass is 188 g/mol. The van der Waals surface area contributed by atoms with Crippen molar-refractivity contribution in [2.24, 2.45) is 0 Å². The Morgan fingerprint density at radius 3 is 2.93 bits per heavy atom. The van der Waals surface area contributed by atoms with Crippen LogP contribution in [0.5, 0.6) is 0 Å². The Balaban J connectivity index is 2.12. The smallest absolute Gasteiger partial charge is 0.140 e. The summed E-state index contributed by atoms with van der Waals surface area (Å²) in [5.41, 5.74) is 1.61. The number of piperazine rings is 1. The molecule has 14 heavy (non-hydrogen) atoms. The van der Waals surface area contributed by atoms with Crippen LogP contribution in [0.25, 0.3) is 0 Å². The average Bonchev–Trinajstić information content (AvgIpc) is 2.30. The normalized spacial score (nSPS) is 21.5. The Morgan fingerprint density at radius 2 is 2.36 bits per heavy atom. The molecule has 1 aromatic rings. The second-order valence-electron chi connectivity index (χ2n) is 3.30. The highest BCUT2D eigenvalue weighted by Crippen LogP contribution is 2.12. The van der Waals surface area contributed by atoms with Crippen molar-refractivity contribution >= 4 is 0 Å². The summed E-state index contributed by atoms with van der Waals surface area (Å²) in [7, 11) is 0. The van der Waals surface area contributed by atoms with Crippen LogP contribution in [0.4, 0.5) is 0 Å². The van der Waals surface area contributed by atoms with Crippen molar-refractivity contribution in [3.8, 4) is 6.07 Å². The molecule has 72 valence electrons. The first-order valence-corrected chi connectivity index (χ1v) is 4.70. The molecule has 0 aliphatic carbocycles. The van der Waals surface area contributed by atoms with Gasteiger partial charge in [0.2, 0.25) is 0 Å². The quantitative estimate of drug-likeness (QED) is 0.660. The van der Waals surface area contributed by atoms with E-state index in [2.05, 4.69) is 15.6 Å². The number of hydrogen-bond donors (Lipinski definition) is 2. The summed E-state index contributed by atoms with van der Waals surface area (Å²) in [4.78, 5) is 4.04.